The summed E-state index contributed by atoms with van der Waals surface area (Å²) in [6, 6.07) is 8.58. The molecule has 0 fully saturated rings. The molecule has 3 nitrogen and oxygen atoms in total. The third kappa shape index (κ3) is 2.40. The van der Waals surface area contributed by atoms with E-state index in [0.717, 1.165) is 0 Å². The predicted molar refractivity (Wildman–Crippen MR) is 53.0 cm³/mol. The van der Waals surface area contributed by atoms with Gasteiger partial charge in [-0.05, 0) is 0 Å². The van der Waals surface area contributed by atoms with Crippen LogP contribution in [0.5, 0.6) is 0 Å². The molecule has 0 saturated heterocycles. The van der Waals surface area contributed by atoms with Gasteiger partial charge in [-0.2, -0.15) is 0 Å². The van der Waals surface area contributed by atoms with Gasteiger partial charge in [-0.3, -0.25) is 4.79 Å². The van der Waals surface area contributed by atoms with E-state index in [0.29, 0.717) is 5.56 Å². The van der Waals surface area contributed by atoms with Crippen LogP contribution in [0, 0.1) is 5.92 Å². The normalized spacial score (nSPS) is 14.8. The summed E-state index contributed by atoms with van der Waals surface area (Å²) in [5.74, 6) is -0.769. The molecule has 0 saturated carbocycles. The van der Waals surface area contributed by atoms with Crippen molar-refractivity contribution in [3.8, 4) is 0 Å². The molecule has 2 N–H and O–H groups in total. The van der Waals surface area contributed by atoms with Crippen LogP contribution in [0.25, 0.3) is 0 Å². The van der Waals surface area contributed by atoms with Crippen molar-refractivity contribution in [3.05, 3.63) is 35.9 Å². The first-order valence-corrected chi connectivity index (χ1v) is 4.55. The Morgan fingerprint density at radius 1 is 1.36 bits per heavy atom. The first-order valence-electron chi connectivity index (χ1n) is 4.55. The Balaban J connectivity index is 2.76. The Morgan fingerprint density at radius 2 is 1.93 bits per heavy atom. The van der Waals surface area contributed by atoms with Gasteiger partial charge in [-0.1, -0.05) is 37.3 Å². The summed E-state index contributed by atoms with van der Waals surface area (Å²) in [6.07, 6.45) is -1.12. The molecule has 76 valence electrons. The minimum absolute atomic E-state index is 0.195. The van der Waals surface area contributed by atoms with E-state index >= 15 is 0 Å². The lowest BCUT2D eigenvalue weighted by atomic mass is 9.97. The predicted octanol–water partition coefficient (Wildman–Crippen LogP) is 0.859. The van der Waals surface area contributed by atoms with Gasteiger partial charge in [0.2, 0.25) is 0 Å². The van der Waals surface area contributed by atoms with E-state index in [9.17, 15) is 9.90 Å². The van der Waals surface area contributed by atoms with Crippen LogP contribution in [-0.2, 0) is 0 Å². The van der Waals surface area contributed by atoms with E-state index in [1.54, 1.807) is 37.3 Å². The number of hydrogen-bond donors (Lipinski definition) is 2. The Kier molecular flexibility index (Phi) is 3.80. The van der Waals surface area contributed by atoms with E-state index in [2.05, 4.69) is 0 Å². The highest BCUT2D eigenvalue weighted by atomic mass is 16.3. The average molecular weight is 194 g/mol. The number of aliphatic hydroxyl groups is 2. The van der Waals surface area contributed by atoms with Crippen LogP contribution in [0.4, 0.5) is 0 Å². The maximum absolute atomic E-state index is 11.6. The molecule has 14 heavy (non-hydrogen) atoms. The number of carbonyl (C=O) groups excluding carboxylic acids is 1. The molecule has 3 heteroatoms. The van der Waals surface area contributed by atoms with Gasteiger partial charge in [0.15, 0.2) is 5.78 Å². The van der Waals surface area contributed by atoms with Crippen molar-refractivity contribution in [3.63, 3.8) is 0 Å². The number of aliphatic hydroxyl groups excluding tert-OH is 2. The number of rotatable bonds is 4. The molecule has 1 rings (SSSR count). The van der Waals surface area contributed by atoms with Crippen molar-refractivity contribution in [2.75, 3.05) is 6.61 Å². The molecule has 0 radical (unpaired) electrons. The largest absolute Gasteiger partial charge is 0.396 e. The Morgan fingerprint density at radius 3 is 2.43 bits per heavy atom. The summed E-state index contributed by atoms with van der Waals surface area (Å²) in [6.45, 7) is 1.44. The van der Waals surface area contributed by atoms with Crippen LogP contribution >= 0.6 is 0 Å². The second-order valence-corrected chi connectivity index (χ2v) is 3.33. The lowest BCUT2D eigenvalue weighted by Crippen LogP contribution is -2.29. The topological polar surface area (TPSA) is 57.5 Å². The van der Waals surface area contributed by atoms with Crippen molar-refractivity contribution >= 4 is 5.78 Å². The first-order chi connectivity index (χ1) is 6.66. The standard InChI is InChI=1S/C11H14O3/c1-8(7-12)10(13)11(14)9-5-3-2-4-6-9/h2-6,8,10,12-13H,7H2,1H3. The van der Waals surface area contributed by atoms with Gasteiger partial charge in [0, 0.05) is 18.1 Å². The van der Waals surface area contributed by atoms with Gasteiger partial charge >= 0.3 is 0 Å². The molecule has 0 aliphatic heterocycles. The molecular formula is C11H14O3. The lowest BCUT2D eigenvalue weighted by molar-refractivity contribution is 0.0515. The Labute approximate surface area is 83.0 Å². The van der Waals surface area contributed by atoms with Gasteiger partial charge in [-0.25, -0.2) is 0 Å². The number of benzene rings is 1. The van der Waals surface area contributed by atoms with Gasteiger partial charge in [0.1, 0.15) is 6.10 Å². The third-order valence-electron chi connectivity index (χ3n) is 2.15. The van der Waals surface area contributed by atoms with E-state index in [4.69, 9.17) is 5.11 Å². The highest BCUT2D eigenvalue weighted by molar-refractivity contribution is 5.99. The molecule has 2 atom stereocenters. The number of ketones is 1. The maximum Gasteiger partial charge on any atom is 0.191 e. The molecule has 0 amide bonds. The Hall–Kier alpha value is -1.19. The zero-order valence-electron chi connectivity index (χ0n) is 8.05. The van der Waals surface area contributed by atoms with Crippen LogP contribution < -0.4 is 0 Å². The zero-order valence-corrected chi connectivity index (χ0v) is 8.05. The van der Waals surface area contributed by atoms with Crippen molar-refractivity contribution < 1.29 is 15.0 Å². The summed E-state index contributed by atoms with van der Waals surface area (Å²) in [5.41, 5.74) is 0.473. The second kappa shape index (κ2) is 4.88. The zero-order chi connectivity index (χ0) is 10.6. The molecule has 0 aromatic heterocycles. The lowest BCUT2D eigenvalue weighted by Gasteiger charge is -2.14. The monoisotopic (exact) mass is 194 g/mol. The van der Waals surface area contributed by atoms with Gasteiger partial charge in [0.25, 0.3) is 0 Å². The minimum Gasteiger partial charge on any atom is -0.396 e. The van der Waals surface area contributed by atoms with Gasteiger partial charge in [-0.15, -0.1) is 0 Å². The molecule has 0 bridgehead atoms. The fraction of sp³-hybridized carbons (Fsp3) is 0.364. The van der Waals surface area contributed by atoms with Gasteiger partial charge < -0.3 is 10.2 Å². The minimum atomic E-state index is -1.12. The van der Waals surface area contributed by atoms with E-state index < -0.39 is 12.0 Å². The van der Waals surface area contributed by atoms with Crippen LogP contribution in [-0.4, -0.2) is 28.7 Å². The summed E-state index contributed by atoms with van der Waals surface area (Å²) in [4.78, 5) is 11.6. The van der Waals surface area contributed by atoms with E-state index in [-0.39, 0.29) is 12.4 Å². The van der Waals surface area contributed by atoms with Gasteiger partial charge in [0.05, 0.1) is 0 Å². The first kappa shape index (κ1) is 10.9. The van der Waals surface area contributed by atoms with Crippen LogP contribution in [0.3, 0.4) is 0 Å². The summed E-state index contributed by atoms with van der Waals surface area (Å²) < 4.78 is 0. The van der Waals surface area contributed by atoms with Crippen molar-refractivity contribution in [1.82, 2.24) is 0 Å². The van der Waals surface area contributed by atoms with Crippen LogP contribution in [0.1, 0.15) is 17.3 Å². The van der Waals surface area contributed by atoms with E-state index in [1.165, 1.54) is 0 Å². The SMILES string of the molecule is CC(CO)C(O)C(=O)c1ccccc1. The van der Waals surface area contributed by atoms with Crippen molar-refractivity contribution in [1.29, 1.82) is 0 Å². The summed E-state index contributed by atoms with van der Waals surface area (Å²) in [5, 5.41) is 18.3. The number of carbonyl (C=O) groups is 1. The quantitative estimate of drug-likeness (QED) is 0.699. The van der Waals surface area contributed by atoms with Crippen LogP contribution in [0.2, 0.25) is 0 Å². The fourth-order valence-electron chi connectivity index (χ4n) is 1.13. The molecular weight excluding hydrogens is 180 g/mol. The molecule has 0 heterocycles. The van der Waals surface area contributed by atoms with Crippen molar-refractivity contribution in [2.24, 2.45) is 5.92 Å². The maximum atomic E-state index is 11.6. The molecule has 1 aromatic carbocycles. The number of Topliss-reactive ketones (excluding diaryl/α,β-unsaturated/α-hetero) is 1. The fourth-order valence-corrected chi connectivity index (χ4v) is 1.13. The molecule has 1 aromatic rings. The third-order valence-corrected chi connectivity index (χ3v) is 2.15. The smallest absolute Gasteiger partial charge is 0.191 e. The highest BCUT2D eigenvalue weighted by Gasteiger charge is 2.22. The molecule has 2 unspecified atom stereocenters. The summed E-state index contributed by atoms with van der Waals surface area (Å²) >= 11 is 0. The van der Waals surface area contributed by atoms with E-state index in [1.807, 2.05) is 0 Å². The Bertz CT molecular complexity index is 295. The summed E-state index contributed by atoms with van der Waals surface area (Å²) in [7, 11) is 0. The molecule has 0 aliphatic rings. The average Bonchev–Trinajstić information content (AvgIpc) is 2.27. The van der Waals surface area contributed by atoms with Crippen molar-refractivity contribution in [2.45, 2.75) is 13.0 Å². The molecule has 0 spiro atoms. The second-order valence-electron chi connectivity index (χ2n) is 3.33. The highest BCUT2D eigenvalue weighted by Crippen LogP contribution is 2.09. The number of hydrogen-bond acceptors (Lipinski definition) is 3. The van der Waals surface area contributed by atoms with Crippen LogP contribution in [0.15, 0.2) is 30.3 Å². The molecule has 0 aliphatic carbocycles.